The summed E-state index contributed by atoms with van der Waals surface area (Å²) in [5.74, 6) is -1.21. The Morgan fingerprint density at radius 1 is 0.929 bits per heavy atom. The highest BCUT2D eigenvalue weighted by Crippen LogP contribution is 2.38. The van der Waals surface area contributed by atoms with Crippen LogP contribution >= 0.6 is 0 Å². The first kappa shape index (κ1) is 16.3. The third kappa shape index (κ3) is 2.05. The highest BCUT2D eigenvalue weighted by molar-refractivity contribution is 6.35. The maximum Gasteiger partial charge on any atom is 0.261 e. The second-order valence-corrected chi connectivity index (χ2v) is 6.62. The average Bonchev–Trinajstić information content (AvgIpc) is 2.75. The molecule has 0 saturated heterocycles. The van der Waals surface area contributed by atoms with Crippen molar-refractivity contribution in [1.29, 1.82) is 0 Å². The van der Waals surface area contributed by atoms with Crippen molar-refractivity contribution < 1.29 is 14.4 Å². The van der Waals surface area contributed by atoms with E-state index in [0.717, 1.165) is 4.90 Å². The number of rotatable bonds is 2. The minimum atomic E-state index is -0.494. The van der Waals surface area contributed by atoms with E-state index >= 15 is 0 Å². The van der Waals surface area contributed by atoms with Gasteiger partial charge in [-0.15, -0.1) is 0 Å². The molecule has 134 valence electrons. The molecule has 0 bridgehead atoms. The Balaban J connectivity index is 2.02. The highest BCUT2D eigenvalue weighted by atomic mass is 16.2. The Morgan fingerprint density at radius 3 is 2.50 bits per heavy atom. The molecule has 4 aromatic rings. The summed E-state index contributed by atoms with van der Waals surface area (Å²) in [6.07, 6.45) is 4.68. The van der Waals surface area contributed by atoms with Crippen molar-refractivity contribution in [2.45, 2.75) is 0 Å². The van der Waals surface area contributed by atoms with Crippen molar-refractivity contribution in [1.82, 2.24) is 14.9 Å². The lowest BCUT2D eigenvalue weighted by Crippen LogP contribution is -2.38. The fourth-order valence-corrected chi connectivity index (χ4v) is 3.81. The van der Waals surface area contributed by atoms with Crippen molar-refractivity contribution in [2.24, 2.45) is 0 Å². The zero-order valence-electron chi connectivity index (χ0n) is 14.8. The molecular formula is C22H13N3O3. The van der Waals surface area contributed by atoms with Gasteiger partial charge in [-0.2, -0.15) is 0 Å². The second kappa shape index (κ2) is 5.79. The summed E-state index contributed by atoms with van der Waals surface area (Å²) in [6.45, 7) is 0. The number of hydrogen-bond donors (Lipinski definition) is 0. The molecule has 2 aromatic heterocycles. The number of benzene rings is 2. The molecule has 1 aliphatic heterocycles. The molecule has 0 atom stereocenters. The van der Waals surface area contributed by atoms with Gasteiger partial charge in [0.2, 0.25) is 0 Å². The van der Waals surface area contributed by atoms with Crippen LogP contribution in [0.5, 0.6) is 0 Å². The summed E-state index contributed by atoms with van der Waals surface area (Å²) in [5.41, 5.74) is 1.83. The van der Waals surface area contributed by atoms with Crippen LogP contribution in [0, 0.1) is 0 Å². The number of pyridine rings is 2. The van der Waals surface area contributed by atoms with Gasteiger partial charge in [0, 0.05) is 58.5 Å². The summed E-state index contributed by atoms with van der Waals surface area (Å²) >= 11 is 0. The Morgan fingerprint density at radius 2 is 1.71 bits per heavy atom. The fourth-order valence-electron chi connectivity index (χ4n) is 3.81. The first-order chi connectivity index (χ1) is 13.6. The molecule has 0 saturated carbocycles. The summed E-state index contributed by atoms with van der Waals surface area (Å²) in [6, 6.07) is 12.1. The summed E-state index contributed by atoms with van der Waals surface area (Å²) in [5, 5.41) is 1.74. The fraction of sp³-hybridized carbons (Fsp3) is 0.0455. The van der Waals surface area contributed by atoms with E-state index in [9.17, 15) is 14.4 Å². The number of ketones is 1. The van der Waals surface area contributed by atoms with Crippen LogP contribution < -0.4 is 0 Å². The van der Waals surface area contributed by atoms with Gasteiger partial charge in [0.15, 0.2) is 5.78 Å². The zero-order valence-corrected chi connectivity index (χ0v) is 14.8. The number of aromatic nitrogens is 2. The molecule has 0 aliphatic carbocycles. The lowest BCUT2D eigenvalue weighted by atomic mass is 9.85. The number of amides is 2. The number of nitrogens with zero attached hydrogens (tertiary/aromatic N) is 3. The van der Waals surface area contributed by atoms with Gasteiger partial charge in [-0.3, -0.25) is 29.3 Å². The van der Waals surface area contributed by atoms with Crippen molar-refractivity contribution in [2.75, 3.05) is 7.05 Å². The number of fused-ring (bicyclic) bond motifs is 2. The smallest absolute Gasteiger partial charge is 0.261 e. The number of carbonyl (C=O) groups excluding carboxylic acids is 3. The molecule has 0 fully saturated rings. The quantitative estimate of drug-likeness (QED) is 0.309. The monoisotopic (exact) mass is 367 g/mol. The Hall–Kier alpha value is -3.93. The lowest BCUT2D eigenvalue weighted by Gasteiger charge is -2.26. The van der Waals surface area contributed by atoms with Gasteiger partial charge in [0.25, 0.3) is 11.8 Å². The minimum absolute atomic E-state index is 0.238. The largest absolute Gasteiger partial charge is 0.289 e. The predicted octanol–water partition coefficient (Wildman–Crippen LogP) is 3.24. The Kier molecular flexibility index (Phi) is 3.36. The molecule has 0 radical (unpaired) electrons. The Labute approximate surface area is 159 Å². The maximum atomic E-state index is 13.4. The number of hydrogen-bond acceptors (Lipinski definition) is 5. The van der Waals surface area contributed by atoms with Crippen molar-refractivity contribution in [3.8, 4) is 0 Å². The molecule has 1 aliphatic rings. The summed E-state index contributed by atoms with van der Waals surface area (Å²) in [4.78, 5) is 48.8. The van der Waals surface area contributed by atoms with Gasteiger partial charge < -0.3 is 0 Å². The third-order valence-electron chi connectivity index (χ3n) is 5.10. The molecule has 2 aromatic carbocycles. The standard InChI is InChI=1S/C22H13N3O3/c1-25-21(27)15-7-2-6-13-16(15)18(22(25)28)17(14-8-4-10-24-19(13)14)20(26)12-5-3-9-23-11-12/h2-11H,1H3. The molecule has 0 unspecified atom stereocenters. The van der Waals surface area contributed by atoms with Crippen LogP contribution in [0.3, 0.4) is 0 Å². The average molecular weight is 367 g/mol. The van der Waals surface area contributed by atoms with Crippen molar-refractivity contribution in [3.05, 3.63) is 83.3 Å². The Bertz CT molecular complexity index is 1330. The van der Waals surface area contributed by atoms with Crippen LogP contribution in [0.25, 0.3) is 21.7 Å². The van der Waals surface area contributed by atoms with E-state index in [2.05, 4.69) is 9.97 Å². The van der Waals surface area contributed by atoms with E-state index < -0.39 is 11.8 Å². The van der Waals surface area contributed by atoms with Gasteiger partial charge >= 0.3 is 0 Å². The molecule has 3 heterocycles. The molecule has 6 nitrogen and oxygen atoms in total. The van der Waals surface area contributed by atoms with E-state index in [1.165, 1.54) is 13.2 Å². The van der Waals surface area contributed by atoms with Gasteiger partial charge in [0.1, 0.15) is 0 Å². The van der Waals surface area contributed by atoms with E-state index in [1.807, 2.05) is 6.07 Å². The van der Waals surface area contributed by atoms with Crippen LogP contribution in [-0.4, -0.2) is 39.5 Å². The van der Waals surface area contributed by atoms with Crippen LogP contribution in [0.15, 0.2) is 61.1 Å². The van der Waals surface area contributed by atoms with E-state index in [-0.39, 0.29) is 16.9 Å². The minimum Gasteiger partial charge on any atom is -0.289 e. The second-order valence-electron chi connectivity index (χ2n) is 6.62. The van der Waals surface area contributed by atoms with Crippen LogP contribution in [-0.2, 0) is 0 Å². The zero-order chi connectivity index (χ0) is 19.4. The van der Waals surface area contributed by atoms with Gasteiger partial charge in [-0.1, -0.05) is 18.2 Å². The maximum absolute atomic E-state index is 13.4. The third-order valence-corrected chi connectivity index (χ3v) is 5.10. The van der Waals surface area contributed by atoms with Crippen LogP contribution in [0.2, 0.25) is 0 Å². The number of carbonyl (C=O) groups is 3. The van der Waals surface area contributed by atoms with E-state index in [0.29, 0.717) is 32.8 Å². The summed E-state index contributed by atoms with van der Waals surface area (Å²) in [7, 11) is 1.43. The first-order valence-corrected chi connectivity index (χ1v) is 8.70. The van der Waals surface area contributed by atoms with Crippen LogP contribution in [0.4, 0.5) is 0 Å². The van der Waals surface area contributed by atoms with E-state index in [4.69, 9.17) is 0 Å². The van der Waals surface area contributed by atoms with E-state index in [1.54, 1.807) is 48.8 Å². The molecule has 28 heavy (non-hydrogen) atoms. The van der Waals surface area contributed by atoms with Crippen LogP contribution in [0.1, 0.15) is 36.6 Å². The molecular weight excluding hydrogens is 354 g/mol. The van der Waals surface area contributed by atoms with Crippen molar-refractivity contribution >= 4 is 39.3 Å². The molecule has 5 rings (SSSR count). The first-order valence-electron chi connectivity index (χ1n) is 8.70. The van der Waals surface area contributed by atoms with Crippen molar-refractivity contribution in [3.63, 3.8) is 0 Å². The summed E-state index contributed by atoms with van der Waals surface area (Å²) < 4.78 is 0. The van der Waals surface area contributed by atoms with Gasteiger partial charge in [-0.25, -0.2) is 0 Å². The molecule has 0 N–H and O–H groups in total. The predicted molar refractivity (Wildman–Crippen MR) is 103 cm³/mol. The van der Waals surface area contributed by atoms with Gasteiger partial charge in [0.05, 0.1) is 11.1 Å². The van der Waals surface area contributed by atoms with Gasteiger partial charge in [-0.05, 0) is 24.3 Å². The lowest BCUT2D eigenvalue weighted by molar-refractivity contribution is 0.0648. The normalized spacial score (nSPS) is 13.4. The SMILES string of the molecule is CN1C(=O)c2cccc3c2c(c(C(=O)c2cccnc2)c2cccnc23)C1=O. The highest BCUT2D eigenvalue weighted by Gasteiger charge is 2.35. The topological polar surface area (TPSA) is 80.2 Å². The number of imide groups is 1. The molecule has 0 spiro atoms. The molecule has 2 amide bonds. The molecule has 6 heteroatoms.